The lowest BCUT2D eigenvalue weighted by Gasteiger charge is -2.43. The van der Waals surface area contributed by atoms with E-state index in [1.807, 2.05) is 12.1 Å². The lowest BCUT2D eigenvalue weighted by Crippen LogP contribution is -2.58. The molecule has 2 aromatic rings. The zero-order valence-corrected chi connectivity index (χ0v) is 12.4. The highest BCUT2D eigenvalue weighted by Crippen LogP contribution is 2.35. The predicted molar refractivity (Wildman–Crippen MR) is 78.8 cm³/mol. The Kier molecular flexibility index (Phi) is 3.61. The summed E-state index contributed by atoms with van der Waals surface area (Å²) in [4.78, 5) is 0. The van der Waals surface area contributed by atoms with Crippen LogP contribution in [-0.4, -0.2) is 13.1 Å². The van der Waals surface area contributed by atoms with Crippen LogP contribution in [0.4, 0.5) is 8.78 Å². The van der Waals surface area contributed by atoms with E-state index in [0.29, 0.717) is 10.9 Å². The van der Waals surface area contributed by atoms with E-state index in [1.165, 1.54) is 12.1 Å². The minimum atomic E-state index is -0.260. The van der Waals surface area contributed by atoms with Gasteiger partial charge in [-0.1, -0.05) is 24.3 Å². The molecule has 2 aromatic carbocycles. The van der Waals surface area contributed by atoms with Gasteiger partial charge in [-0.15, -0.1) is 0 Å². The molecule has 20 heavy (non-hydrogen) atoms. The summed E-state index contributed by atoms with van der Waals surface area (Å²) in [6, 6.07) is 11.7. The minimum Gasteiger partial charge on any atom is -0.315 e. The Labute approximate surface area is 125 Å². The summed E-state index contributed by atoms with van der Waals surface area (Å²) in [6.07, 6.45) is 0.682. The maximum atomic E-state index is 13.6. The molecule has 0 aliphatic carbocycles. The van der Waals surface area contributed by atoms with Crippen LogP contribution in [0.2, 0.25) is 0 Å². The van der Waals surface area contributed by atoms with Crippen molar-refractivity contribution in [3.05, 3.63) is 69.7 Å². The first-order valence-corrected chi connectivity index (χ1v) is 7.30. The van der Waals surface area contributed by atoms with E-state index in [0.717, 1.165) is 24.2 Å². The average Bonchev–Trinajstić information content (AvgIpc) is 2.38. The topological polar surface area (TPSA) is 12.0 Å². The number of hydrogen-bond donors (Lipinski definition) is 1. The second kappa shape index (κ2) is 5.26. The Morgan fingerprint density at radius 2 is 1.85 bits per heavy atom. The quantitative estimate of drug-likeness (QED) is 0.897. The molecular weight excluding hydrogens is 324 g/mol. The third-order valence-electron chi connectivity index (χ3n) is 3.92. The molecule has 1 N–H and O–H groups in total. The number of hydrogen-bond acceptors (Lipinski definition) is 1. The molecule has 4 heteroatoms. The van der Waals surface area contributed by atoms with Gasteiger partial charge in [0.05, 0.1) is 4.47 Å². The second-order valence-corrected chi connectivity index (χ2v) is 6.08. The van der Waals surface area contributed by atoms with Gasteiger partial charge >= 0.3 is 0 Å². The highest BCUT2D eigenvalue weighted by molar-refractivity contribution is 9.10. The van der Waals surface area contributed by atoms with Gasteiger partial charge in [-0.2, -0.15) is 0 Å². The summed E-state index contributed by atoms with van der Waals surface area (Å²) >= 11 is 3.30. The first-order valence-electron chi connectivity index (χ1n) is 6.50. The summed E-state index contributed by atoms with van der Waals surface area (Å²) in [5, 5.41) is 3.24. The molecule has 0 amide bonds. The zero-order valence-electron chi connectivity index (χ0n) is 10.8. The van der Waals surface area contributed by atoms with Gasteiger partial charge < -0.3 is 5.32 Å². The van der Waals surface area contributed by atoms with E-state index in [2.05, 4.69) is 21.2 Å². The Morgan fingerprint density at radius 1 is 1.10 bits per heavy atom. The largest absolute Gasteiger partial charge is 0.315 e. The van der Waals surface area contributed by atoms with Gasteiger partial charge in [-0.05, 0) is 51.7 Å². The molecule has 0 aromatic heterocycles. The van der Waals surface area contributed by atoms with Crippen LogP contribution in [0, 0.1) is 11.6 Å². The Morgan fingerprint density at radius 3 is 2.50 bits per heavy atom. The van der Waals surface area contributed by atoms with Crippen LogP contribution >= 0.6 is 15.9 Å². The highest BCUT2D eigenvalue weighted by atomic mass is 79.9. The van der Waals surface area contributed by atoms with Crippen molar-refractivity contribution in [1.29, 1.82) is 0 Å². The van der Waals surface area contributed by atoms with Gasteiger partial charge in [0.2, 0.25) is 0 Å². The molecule has 104 valence electrons. The zero-order chi connectivity index (χ0) is 14.2. The van der Waals surface area contributed by atoms with Crippen molar-refractivity contribution < 1.29 is 8.78 Å². The maximum Gasteiger partial charge on any atom is 0.137 e. The smallest absolute Gasteiger partial charge is 0.137 e. The van der Waals surface area contributed by atoms with E-state index >= 15 is 0 Å². The number of nitrogens with one attached hydrogen (secondary N) is 1. The minimum absolute atomic E-state index is 0.154. The van der Waals surface area contributed by atoms with Crippen molar-refractivity contribution in [3.63, 3.8) is 0 Å². The van der Waals surface area contributed by atoms with Gasteiger partial charge in [0.1, 0.15) is 11.6 Å². The van der Waals surface area contributed by atoms with Gasteiger partial charge in [0.25, 0.3) is 0 Å². The van der Waals surface area contributed by atoms with Crippen LogP contribution in [0.1, 0.15) is 11.1 Å². The average molecular weight is 338 g/mol. The van der Waals surface area contributed by atoms with E-state index < -0.39 is 0 Å². The van der Waals surface area contributed by atoms with Crippen LogP contribution < -0.4 is 5.32 Å². The molecule has 0 unspecified atom stereocenters. The van der Waals surface area contributed by atoms with E-state index in [1.54, 1.807) is 18.2 Å². The SMILES string of the molecule is Fc1cccc(C2(Cc3cccc(F)c3Br)CNC2)c1. The second-order valence-electron chi connectivity index (χ2n) is 5.28. The van der Waals surface area contributed by atoms with Crippen LogP contribution in [0.15, 0.2) is 46.9 Å². The molecule has 0 atom stereocenters. The van der Waals surface area contributed by atoms with Gasteiger partial charge in [-0.3, -0.25) is 0 Å². The highest BCUT2D eigenvalue weighted by Gasteiger charge is 2.39. The van der Waals surface area contributed by atoms with Gasteiger partial charge in [0, 0.05) is 18.5 Å². The number of halogens is 3. The Balaban J connectivity index is 1.96. The standard InChI is InChI=1S/C16H14BrF2N/c17-15-11(3-1-6-14(15)19)8-16(9-20-10-16)12-4-2-5-13(18)7-12/h1-7,20H,8-10H2. The van der Waals surface area contributed by atoms with Crippen molar-refractivity contribution in [3.8, 4) is 0 Å². The summed E-state index contributed by atoms with van der Waals surface area (Å²) in [5.74, 6) is -0.490. The molecule has 1 aliphatic rings. The summed E-state index contributed by atoms with van der Waals surface area (Å²) < 4.78 is 27.6. The molecule has 0 radical (unpaired) electrons. The molecule has 0 saturated carbocycles. The third kappa shape index (κ3) is 2.38. The molecule has 0 bridgehead atoms. The molecule has 1 heterocycles. The summed E-state index contributed by atoms with van der Waals surface area (Å²) in [6.45, 7) is 1.55. The van der Waals surface area contributed by atoms with Crippen LogP contribution in [0.5, 0.6) is 0 Å². The van der Waals surface area contributed by atoms with Crippen molar-refractivity contribution in [2.24, 2.45) is 0 Å². The monoisotopic (exact) mass is 337 g/mol. The fourth-order valence-electron chi connectivity index (χ4n) is 2.73. The molecule has 1 fully saturated rings. The van der Waals surface area contributed by atoms with Crippen LogP contribution in [-0.2, 0) is 11.8 Å². The van der Waals surface area contributed by atoms with Gasteiger partial charge in [-0.25, -0.2) is 8.78 Å². The molecule has 1 aliphatic heterocycles. The van der Waals surface area contributed by atoms with Crippen LogP contribution in [0.25, 0.3) is 0 Å². The maximum absolute atomic E-state index is 13.6. The summed E-state index contributed by atoms with van der Waals surface area (Å²) in [7, 11) is 0. The molecule has 0 spiro atoms. The molecule has 1 saturated heterocycles. The first kappa shape index (κ1) is 13.7. The first-order chi connectivity index (χ1) is 9.61. The van der Waals surface area contributed by atoms with E-state index in [-0.39, 0.29) is 17.0 Å². The summed E-state index contributed by atoms with van der Waals surface area (Å²) in [5.41, 5.74) is 1.72. The molecule has 3 rings (SSSR count). The Bertz CT molecular complexity index is 638. The number of benzene rings is 2. The normalized spacial score (nSPS) is 16.8. The fraction of sp³-hybridized carbons (Fsp3) is 0.250. The van der Waals surface area contributed by atoms with Crippen LogP contribution in [0.3, 0.4) is 0 Å². The Hall–Kier alpha value is -1.26. The van der Waals surface area contributed by atoms with Crippen molar-refractivity contribution >= 4 is 15.9 Å². The lowest BCUT2D eigenvalue weighted by atomic mass is 9.71. The lowest BCUT2D eigenvalue weighted by molar-refractivity contribution is 0.273. The van der Waals surface area contributed by atoms with Crippen molar-refractivity contribution in [2.45, 2.75) is 11.8 Å². The fourth-order valence-corrected chi connectivity index (χ4v) is 3.13. The van der Waals surface area contributed by atoms with E-state index in [4.69, 9.17) is 0 Å². The molecular formula is C16H14BrF2N. The van der Waals surface area contributed by atoms with Crippen molar-refractivity contribution in [1.82, 2.24) is 5.32 Å². The van der Waals surface area contributed by atoms with Crippen molar-refractivity contribution in [2.75, 3.05) is 13.1 Å². The molecule has 1 nitrogen and oxygen atoms in total. The third-order valence-corrected chi connectivity index (χ3v) is 4.81. The predicted octanol–water partition coefficient (Wildman–Crippen LogP) is 3.81. The van der Waals surface area contributed by atoms with Gasteiger partial charge in [0.15, 0.2) is 0 Å². The van der Waals surface area contributed by atoms with E-state index in [9.17, 15) is 8.78 Å². The number of rotatable bonds is 3.